The molecule has 0 unspecified atom stereocenters. The Bertz CT molecular complexity index is 399. The van der Waals surface area contributed by atoms with Crippen molar-refractivity contribution in [3.05, 3.63) is 29.6 Å². The summed E-state index contributed by atoms with van der Waals surface area (Å²) in [6.07, 6.45) is 0.0709. The molecule has 0 aromatic heterocycles. The Kier molecular flexibility index (Phi) is 7.51. The van der Waals surface area contributed by atoms with Crippen molar-refractivity contribution in [3.8, 4) is 0 Å². The number of methoxy groups -OCH3 is 2. The maximum Gasteiger partial charge on any atom is 0.146 e. The molecule has 0 amide bonds. The summed E-state index contributed by atoms with van der Waals surface area (Å²) < 4.78 is 24.3. The predicted molar refractivity (Wildman–Crippen MR) is 77.6 cm³/mol. The number of anilines is 1. The highest BCUT2D eigenvalue weighted by Crippen LogP contribution is 2.29. The van der Waals surface area contributed by atoms with Gasteiger partial charge in [-0.15, -0.1) is 0 Å². The second kappa shape index (κ2) is 8.89. The molecule has 0 fully saturated rings. The average Bonchev–Trinajstić information content (AvgIpc) is 2.43. The van der Waals surface area contributed by atoms with Crippen molar-refractivity contribution in [1.82, 2.24) is 0 Å². The molecule has 0 radical (unpaired) electrons. The van der Waals surface area contributed by atoms with Gasteiger partial charge in [-0.3, -0.25) is 0 Å². The summed E-state index contributed by atoms with van der Waals surface area (Å²) in [5.74, 6) is -0.322. The predicted octanol–water partition coefficient (Wildman–Crippen LogP) is 2.37. The van der Waals surface area contributed by atoms with Gasteiger partial charge >= 0.3 is 0 Å². The van der Waals surface area contributed by atoms with E-state index in [2.05, 4.69) is 0 Å². The van der Waals surface area contributed by atoms with Crippen molar-refractivity contribution >= 4 is 5.69 Å². The second-order valence-electron chi connectivity index (χ2n) is 4.68. The molecule has 1 aromatic carbocycles. The molecule has 114 valence electrons. The molecule has 5 heteroatoms. The summed E-state index contributed by atoms with van der Waals surface area (Å²) in [4.78, 5) is 1.90. The maximum absolute atomic E-state index is 14.2. The fourth-order valence-corrected chi connectivity index (χ4v) is 2.14. The summed E-state index contributed by atoms with van der Waals surface area (Å²) in [5, 5.41) is 9.83. The lowest BCUT2D eigenvalue weighted by atomic mass is 10.1. The smallest absolute Gasteiger partial charge is 0.146 e. The largest absolute Gasteiger partial charge is 0.389 e. The van der Waals surface area contributed by atoms with Crippen LogP contribution >= 0.6 is 0 Å². The monoisotopic (exact) mass is 285 g/mol. The Balaban J connectivity index is 2.98. The molecule has 1 aromatic rings. The van der Waals surface area contributed by atoms with Crippen LogP contribution in [0.2, 0.25) is 0 Å². The number of hydrogen-bond acceptors (Lipinski definition) is 4. The molecule has 0 heterocycles. The Morgan fingerprint density at radius 2 is 1.90 bits per heavy atom. The van der Waals surface area contributed by atoms with Crippen molar-refractivity contribution in [2.24, 2.45) is 0 Å². The van der Waals surface area contributed by atoms with E-state index in [1.165, 1.54) is 6.07 Å². The van der Waals surface area contributed by atoms with Crippen LogP contribution in [0.5, 0.6) is 0 Å². The van der Waals surface area contributed by atoms with Gasteiger partial charge in [0.05, 0.1) is 18.4 Å². The number of halogens is 1. The molecular weight excluding hydrogens is 261 g/mol. The van der Waals surface area contributed by atoms with Crippen LogP contribution in [0.3, 0.4) is 0 Å². The number of nitrogens with zero attached hydrogens (tertiary/aromatic N) is 1. The fourth-order valence-electron chi connectivity index (χ4n) is 2.14. The molecular formula is C15H24FNO3. The first-order valence-electron chi connectivity index (χ1n) is 6.81. The van der Waals surface area contributed by atoms with Crippen LogP contribution in [0.1, 0.15) is 25.0 Å². The van der Waals surface area contributed by atoms with E-state index in [-0.39, 0.29) is 5.82 Å². The lowest BCUT2D eigenvalue weighted by Gasteiger charge is -2.28. The highest BCUT2D eigenvalue weighted by atomic mass is 19.1. The van der Waals surface area contributed by atoms with E-state index in [9.17, 15) is 9.50 Å². The topological polar surface area (TPSA) is 41.9 Å². The first kappa shape index (κ1) is 16.9. The first-order valence-corrected chi connectivity index (χ1v) is 6.81. The molecule has 1 N–H and O–H groups in total. The molecule has 0 saturated heterocycles. The first-order chi connectivity index (χ1) is 9.61. The maximum atomic E-state index is 14.2. The van der Waals surface area contributed by atoms with Crippen LogP contribution in [-0.4, -0.2) is 45.6 Å². The SMILES string of the molecule is COCCCN(CCOC)c1c(F)cccc1[C@H](C)O. The molecule has 4 nitrogen and oxygen atoms in total. The molecule has 0 aliphatic rings. The minimum absolute atomic E-state index is 0.322. The van der Waals surface area contributed by atoms with E-state index in [0.717, 1.165) is 6.42 Å². The third-order valence-corrected chi connectivity index (χ3v) is 3.13. The zero-order valence-corrected chi connectivity index (χ0v) is 12.4. The van der Waals surface area contributed by atoms with E-state index in [1.54, 1.807) is 33.3 Å². The number of para-hydroxylation sites is 1. The van der Waals surface area contributed by atoms with Gasteiger partial charge in [0.2, 0.25) is 0 Å². The average molecular weight is 285 g/mol. The lowest BCUT2D eigenvalue weighted by molar-refractivity contribution is 0.189. The van der Waals surface area contributed by atoms with Gasteiger partial charge in [-0.05, 0) is 19.4 Å². The summed E-state index contributed by atoms with van der Waals surface area (Å²) in [6.45, 7) is 3.98. The Morgan fingerprint density at radius 3 is 2.50 bits per heavy atom. The van der Waals surface area contributed by atoms with Gasteiger partial charge in [-0.1, -0.05) is 12.1 Å². The minimum atomic E-state index is -0.715. The van der Waals surface area contributed by atoms with Crippen LogP contribution in [0, 0.1) is 5.82 Å². The number of aliphatic hydroxyl groups excluding tert-OH is 1. The standard InChI is InChI=1S/C15H24FNO3/c1-12(18)13-6-4-7-14(16)15(13)17(9-11-20-3)8-5-10-19-2/h4,6-7,12,18H,5,8-11H2,1-3H3/t12-/m0/s1. The third kappa shape index (κ3) is 4.74. The van der Waals surface area contributed by atoms with Crippen LogP contribution in [-0.2, 0) is 9.47 Å². The molecule has 20 heavy (non-hydrogen) atoms. The van der Waals surface area contributed by atoms with Crippen LogP contribution in [0.4, 0.5) is 10.1 Å². The molecule has 0 aliphatic heterocycles. The van der Waals surface area contributed by atoms with Crippen molar-refractivity contribution < 1.29 is 19.0 Å². The second-order valence-corrected chi connectivity index (χ2v) is 4.68. The Labute approximate surface area is 120 Å². The van der Waals surface area contributed by atoms with Gasteiger partial charge in [0, 0.05) is 39.5 Å². The molecule has 0 bridgehead atoms. The van der Waals surface area contributed by atoms with Crippen LogP contribution < -0.4 is 4.90 Å². The highest BCUT2D eigenvalue weighted by molar-refractivity contribution is 5.55. The van der Waals surface area contributed by atoms with Gasteiger partial charge in [0.1, 0.15) is 5.82 Å². The number of aliphatic hydroxyl groups is 1. The van der Waals surface area contributed by atoms with E-state index < -0.39 is 6.10 Å². The zero-order chi connectivity index (χ0) is 15.0. The Morgan fingerprint density at radius 1 is 1.20 bits per heavy atom. The number of hydrogen-bond donors (Lipinski definition) is 1. The van der Waals surface area contributed by atoms with Crippen LogP contribution in [0.25, 0.3) is 0 Å². The van der Waals surface area contributed by atoms with E-state index in [4.69, 9.17) is 9.47 Å². The Hall–Kier alpha value is -1.17. The molecule has 0 saturated carbocycles. The summed E-state index contributed by atoms with van der Waals surface area (Å²) in [7, 11) is 3.26. The molecule has 1 atom stereocenters. The van der Waals surface area contributed by atoms with E-state index >= 15 is 0 Å². The lowest BCUT2D eigenvalue weighted by Crippen LogP contribution is -2.31. The van der Waals surface area contributed by atoms with Gasteiger partial charge in [-0.25, -0.2) is 4.39 Å². The summed E-state index contributed by atoms with van der Waals surface area (Å²) in [5.41, 5.74) is 1.05. The van der Waals surface area contributed by atoms with E-state index in [1.807, 2.05) is 4.90 Å². The van der Waals surface area contributed by atoms with Crippen molar-refractivity contribution in [2.45, 2.75) is 19.4 Å². The minimum Gasteiger partial charge on any atom is -0.389 e. The van der Waals surface area contributed by atoms with Crippen molar-refractivity contribution in [3.63, 3.8) is 0 Å². The highest BCUT2D eigenvalue weighted by Gasteiger charge is 2.18. The molecule has 0 spiro atoms. The molecule has 0 aliphatic carbocycles. The fraction of sp³-hybridized carbons (Fsp3) is 0.600. The van der Waals surface area contributed by atoms with Crippen molar-refractivity contribution in [1.29, 1.82) is 0 Å². The third-order valence-electron chi connectivity index (χ3n) is 3.13. The molecule has 1 rings (SSSR count). The normalized spacial score (nSPS) is 12.4. The van der Waals surface area contributed by atoms with Crippen LogP contribution in [0.15, 0.2) is 18.2 Å². The summed E-state index contributed by atoms with van der Waals surface area (Å²) in [6, 6.07) is 4.78. The number of ether oxygens (including phenoxy) is 2. The van der Waals surface area contributed by atoms with Gasteiger partial charge in [0.15, 0.2) is 0 Å². The quantitative estimate of drug-likeness (QED) is 0.707. The summed E-state index contributed by atoms with van der Waals surface area (Å²) >= 11 is 0. The van der Waals surface area contributed by atoms with Gasteiger partial charge < -0.3 is 19.5 Å². The van der Waals surface area contributed by atoms with Gasteiger partial charge in [0.25, 0.3) is 0 Å². The number of benzene rings is 1. The van der Waals surface area contributed by atoms with E-state index in [0.29, 0.717) is 37.6 Å². The van der Waals surface area contributed by atoms with Gasteiger partial charge in [-0.2, -0.15) is 0 Å². The zero-order valence-electron chi connectivity index (χ0n) is 12.4. The number of rotatable bonds is 9. The van der Waals surface area contributed by atoms with Crippen molar-refractivity contribution in [2.75, 3.05) is 45.4 Å².